The van der Waals surface area contributed by atoms with Crippen LogP contribution in [0.5, 0.6) is 0 Å². The molecule has 2 heteroatoms. The molecule has 0 bridgehead atoms. The van der Waals surface area contributed by atoms with E-state index in [-0.39, 0.29) is 0 Å². The normalized spacial score (nSPS) is 17.8. The van der Waals surface area contributed by atoms with Gasteiger partial charge < -0.3 is 10.5 Å². The average Bonchev–Trinajstić information content (AvgIpc) is 1.90. The van der Waals surface area contributed by atoms with Gasteiger partial charge in [0.2, 0.25) is 0 Å². The van der Waals surface area contributed by atoms with E-state index in [1.807, 2.05) is 12.1 Å². The summed E-state index contributed by atoms with van der Waals surface area (Å²) in [5, 5.41) is 0. The number of nitrogens with two attached hydrogens (primary N) is 1. The largest absolute Gasteiger partial charge is 0.399 e. The van der Waals surface area contributed by atoms with Crippen LogP contribution in [0, 0.1) is 0 Å². The van der Waals surface area contributed by atoms with E-state index >= 15 is 0 Å². The third kappa shape index (κ3) is 1.21. The molecule has 2 rings (SSSR count). The second kappa shape index (κ2) is 2.55. The smallest absolute Gasteiger partial charge is 0.0557 e. The first-order valence-corrected chi connectivity index (χ1v) is 3.79. The third-order valence-corrected chi connectivity index (χ3v) is 2.05. The molecule has 1 heterocycles. The van der Waals surface area contributed by atoms with Gasteiger partial charge in [-0.1, -0.05) is 12.1 Å². The minimum Gasteiger partial charge on any atom is -0.399 e. The number of hydrogen-bond acceptors (Lipinski definition) is 2. The molecule has 0 aliphatic carbocycles. The van der Waals surface area contributed by atoms with Crippen LogP contribution in [0.4, 0.5) is 5.69 Å². The molecule has 0 spiro atoms. The Labute approximate surface area is 66.0 Å². The highest BCUT2D eigenvalue weighted by molar-refractivity contribution is 5.40. The van der Waals surface area contributed by atoms with Gasteiger partial charge in [0.25, 0.3) is 0 Å². The highest BCUT2D eigenvalue weighted by Crippen LogP contribution is 2.24. The summed E-state index contributed by atoms with van der Waals surface area (Å²) < 4.78 is 5.09. The van der Waals surface area contributed by atoms with Gasteiger partial charge in [-0.3, -0.25) is 0 Å². The van der Waals surface area contributed by atoms with Gasteiger partial charge in [0.1, 0.15) is 0 Å². The van der Waals surface area contributed by atoms with E-state index in [1.165, 1.54) is 5.56 Å². The molecule has 0 aromatic heterocycles. The lowest BCUT2D eigenvalue weighted by molar-refractivity contribution is 0.00843. The number of nitrogen functional groups attached to an aromatic ring is 1. The molecule has 1 fully saturated rings. The minimum absolute atomic E-state index is 0.607. The monoisotopic (exact) mass is 149 g/mol. The molecule has 0 unspecified atom stereocenters. The van der Waals surface area contributed by atoms with Crippen LogP contribution in [0.3, 0.4) is 0 Å². The molecule has 1 saturated heterocycles. The van der Waals surface area contributed by atoms with E-state index in [4.69, 9.17) is 10.5 Å². The van der Waals surface area contributed by atoms with Crippen molar-refractivity contribution in [2.75, 3.05) is 18.9 Å². The summed E-state index contributed by atoms with van der Waals surface area (Å²) in [6.07, 6.45) is 0. The standard InChI is InChI=1S/C9H11NO/c10-9-3-1-7(2-4-9)8-5-11-6-8/h1-4,8H,5-6,10H2. The summed E-state index contributed by atoms with van der Waals surface area (Å²) >= 11 is 0. The Morgan fingerprint density at radius 3 is 2.27 bits per heavy atom. The lowest BCUT2D eigenvalue weighted by Gasteiger charge is -2.26. The Morgan fingerprint density at radius 1 is 1.18 bits per heavy atom. The average molecular weight is 149 g/mol. The zero-order chi connectivity index (χ0) is 7.68. The van der Waals surface area contributed by atoms with Gasteiger partial charge in [0.15, 0.2) is 0 Å². The topological polar surface area (TPSA) is 35.2 Å². The predicted octanol–water partition coefficient (Wildman–Crippen LogP) is 1.38. The maximum atomic E-state index is 5.56. The van der Waals surface area contributed by atoms with E-state index in [1.54, 1.807) is 0 Å². The molecule has 2 N–H and O–H groups in total. The van der Waals surface area contributed by atoms with Gasteiger partial charge in [-0.2, -0.15) is 0 Å². The van der Waals surface area contributed by atoms with Crippen molar-refractivity contribution >= 4 is 5.69 Å². The first-order chi connectivity index (χ1) is 5.36. The summed E-state index contributed by atoms with van der Waals surface area (Å²) in [6.45, 7) is 1.73. The molecule has 0 amide bonds. The summed E-state index contributed by atoms with van der Waals surface area (Å²) in [5.41, 5.74) is 7.72. The van der Waals surface area contributed by atoms with E-state index in [0.29, 0.717) is 5.92 Å². The molecule has 11 heavy (non-hydrogen) atoms. The summed E-state index contributed by atoms with van der Waals surface area (Å²) in [4.78, 5) is 0. The van der Waals surface area contributed by atoms with Gasteiger partial charge in [-0.15, -0.1) is 0 Å². The van der Waals surface area contributed by atoms with Crippen molar-refractivity contribution in [2.45, 2.75) is 5.92 Å². The second-order valence-corrected chi connectivity index (χ2v) is 2.90. The van der Waals surface area contributed by atoms with Gasteiger partial charge in [-0.25, -0.2) is 0 Å². The van der Waals surface area contributed by atoms with Crippen LogP contribution in [0.25, 0.3) is 0 Å². The molecule has 2 nitrogen and oxygen atoms in total. The summed E-state index contributed by atoms with van der Waals surface area (Å²) in [5.74, 6) is 0.607. The molecule has 0 saturated carbocycles. The number of anilines is 1. The molecule has 0 radical (unpaired) electrons. The quantitative estimate of drug-likeness (QED) is 0.612. The molecule has 1 aliphatic rings. The van der Waals surface area contributed by atoms with E-state index in [9.17, 15) is 0 Å². The maximum Gasteiger partial charge on any atom is 0.0557 e. The lowest BCUT2D eigenvalue weighted by atomic mass is 9.98. The van der Waals surface area contributed by atoms with Crippen molar-refractivity contribution in [1.29, 1.82) is 0 Å². The Morgan fingerprint density at radius 2 is 1.82 bits per heavy atom. The van der Waals surface area contributed by atoms with E-state index < -0.39 is 0 Å². The molecular formula is C9H11NO. The highest BCUT2D eigenvalue weighted by Gasteiger charge is 2.19. The fourth-order valence-corrected chi connectivity index (χ4v) is 1.20. The number of hydrogen-bond donors (Lipinski definition) is 1. The van der Waals surface area contributed by atoms with Crippen LogP contribution in [-0.2, 0) is 4.74 Å². The molecule has 1 aliphatic heterocycles. The molecular weight excluding hydrogens is 138 g/mol. The van der Waals surface area contributed by atoms with Gasteiger partial charge in [-0.05, 0) is 17.7 Å². The summed E-state index contributed by atoms with van der Waals surface area (Å²) in [7, 11) is 0. The Balaban J connectivity index is 2.18. The van der Waals surface area contributed by atoms with Crippen LogP contribution < -0.4 is 5.73 Å². The van der Waals surface area contributed by atoms with Crippen LogP contribution in [0.2, 0.25) is 0 Å². The molecule has 1 aromatic rings. The first-order valence-electron chi connectivity index (χ1n) is 3.79. The Hall–Kier alpha value is -1.02. The maximum absolute atomic E-state index is 5.56. The zero-order valence-corrected chi connectivity index (χ0v) is 6.29. The van der Waals surface area contributed by atoms with Crippen molar-refractivity contribution < 1.29 is 4.74 Å². The van der Waals surface area contributed by atoms with Crippen LogP contribution >= 0.6 is 0 Å². The molecule has 58 valence electrons. The summed E-state index contributed by atoms with van der Waals surface area (Å²) in [6, 6.07) is 8.02. The highest BCUT2D eigenvalue weighted by atomic mass is 16.5. The van der Waals surface area contributed by atoms with E-state index in [0.717, 1.165) is 18.9 Å². The first kappa shape index (κ1) is 6.68. The van der Waals surface area contributed by atoms with E-state index in [2.05, 4.69) is 12.1 Å². The zero-order valence-electron chi connectivity index (χ0n) is 6.29. The van der Waals surface area contributed by atoms with Gasteiger partial charge >= 0.3 is 0 Å². The van der Waals surface area contributed by atoms with Crippen molar-refractivity contribution in [1.82, 2.24) is 0 Å². The fraction of sp³-hybridized carbons (Fsp3) is 0.333. The van der Waals surface area contributed by atoms with Crippen LogP contribution in [0.1, 0.15) is 11.5 Å². The Kier molecular flexibility index (Phi) is 1.55. The Bertz CT molecular complexity index is 238. The number of rotatable bonds is 1. The van der Waals surface area contributed by atoms with Gasteiger partial charge in [0.05, 0.1) is 13.2 Å². The third-order valence-electron chi connectivity index (χ3n) is 2.05. The van der Waals surface area contributed by atoms with Gasteiger partial charge in [0, 0.05) is 11.6 Å². The van der Waals surface area contributed by atoms with Crippen molar-refractivity contribution in [2.24, 2.45) is 0 Å². The van der Waals surface area contributed by atoms with Crippen LogP contribution in [-0.4, -0.2) is 13.2 Å². The van der Waals surface area contributed by atoms with Crippen molar-refractivity contribution in [3.8, 4) is 0 Å². The van der Waals surface area contributed by atoms with Crippen LogP contribution in [0.15, 0.2) is 24.3 Å². The minimum atomic E-state index is 0.607. The molecule has 0 atom stereocenters. The van der Waals surface area contributed by atoms with Crippen molar-refractivity contribution in [3.63, 3.8) is 0 Å². The SMILES string of the molecule is Nc1ccc(C2COC2)cc1. The lowest BCUT2D eigenvalue weighted by Crippen LogP contribution is -2.24. The molecule has 1 aromatic carbocycles. The number of ether oxygens (including phenoxy) is 1. The fourth-order valence-electron chi connectivity index (χ4n) is 1.20. The number of benzene rings is 1. The second-order valence-electron chi connectivity index (χ2n) is 2.90. The van der Waals surface area contributed by atoms with Crippen molar-refractivity contribution in [3.05, 3.63) is 29.8 Å². The predicted molar refractivity (Wildman–Crippen MR) is 44.4 cm³/mol.